The van der Waals surface area contributed by atoms with Gasteiger partial charge < -0.3 is 10.6 Å². The number of likely N-dealkylation sites (tertiary alicyclic amines) is 1. The van der Waals surface area contributed by atoms with Crippen LogP contribution < -0.4 is 10.5 Å². The van der Waals surface area contributed by atoms with Gasteiger partial charge in [-0.15, -0.1) is 22.7 Å². The molecule has 0 saturated carbocycles. The first-order valence-electron chi connectivity index (χ1n) is 9.05. The van der Waals surface area contributed by atoms with Crippen LogP contribution in [-0.2, 0) is 21.4 Å². The molecule has 0 aromatic carbocycles. The summed E-state index contributed by atoms with van der Waals surface area (Å²) in [4.78, 5) is 27.7. The van der Waals surface area contributed by atoms with Gasteiger partial charge in [-0.3, -0.25) is 9.78 Å². The zero-order valence-corrected chi connectivity index (χ0v) is 17.9. The lowest BCUT2D eigenvalue weighted by atomic mass is 10.3. The summed E-state index contributed by atoms with van der Waals surface area (Å²) in [5.41, 5.74) is 7.24. The molecule has 1 aliphatic heterocycles. The molecule has 3 N–H and O–H groups in total. The van der Waals surface area contributed by atoms with Gasteiger partial charge in [0.1, 0.15) is 22.4 Å². The number of hydrogen-bond acceptors (Lipinski definition) is 9. The van der Waals surface area contributed by atoms with Gasteiger partial charge in [-0.25, -0.2) is 18.4 Å². The smallest absolute Gasteiger partial charge is 0.250 e. The highest BCUT2D eigenvalue weighted by Gasteiger charge is 2.35. The Hall–Kier alpha value is -2.67. The number of pyridine rings is 1. The van der Waals surface area contributed by atoms with Gasteiger partial charge in [0.25, 0.3) is 10.0 Å². The van der Waals surface area contributed by atoms with Gasteiger partial charge in [0.05, 0.1) is 27.0 Å². The van der Waals surface area contributed by atoms with Gasteiger partial charge in [0.15, 0.2) is 0 Å². The molecule has 1 amide bonds. The van der Waals surface area contributed by atoms with E-state index in [1.54, 1.807) is 17.2 Å². The number of aromatic nitrogens is 3. The molecule has 0 aliphatic carbocycles. The van der Waals surface area contributed by atoms with Crippen LogP contribution in [0.1, 0.15) is 11.3 Å². The summed E-state index contributed by atoms with van der Waals surface area (Å²) in [5.74, 6) is 0.168. The third-order valence-corrected chi connectivity index (χ3v) is 9.03. The third kappa shape index (κ3) is 3.41. The van der Waals surface area contributed by atoms with Crippen LogP contribution in [0.25, 0.3) is 20.4 Å². The number of nitrogens with two attached hydrogens (primary N) is 1. The first kappa shape index (κ1) is 19.3. The lowest BCUT2D eigenvalue weighted by Gasteiger charge is -2.16. The second kappa shape index (κ2) is 7.23. The number of carbonyl (C=O) groups excluding carboxylic acids is 1. The van der Waals surface area contributed by atoms with Gasteiger partial charge in [-0.1, -0.05) is 0 Å². The predicted octanol–water partition coefficient (Wildman–Crippen LogP) is 1.96. The number of sulfonamides is 1. The Morgan fingerprint density at radius 2 is 2.07 bits per heavy atom. The Morgan fingerprint density at radius 1 is 1.20 bits per heavy atom. The molecule has 1 saturated heterocycles. The summed E-state index contributed by atoms with van der Waals surface area (Å²) >= 11 is 2.57. The van der Waals surface area contributed by atoms with Crippen molar-refractivity contribution < 1.29 is 13.2 Å². The first-order chi connectivity index (χ1) is 14.4. The zero-order valence-electron chi connectivity index (χ0n) is 15.5. The molecule has 4 aromatic rings. The van der Waals surface area contributed by atoms with Gasteiger partial charge in [-0.2, -0.15) is 4.72 Å². The Bertz CT molecular complexity index is 1350. The maximum atomic E-state index is 12.8. The molecule has 0 unspecified atom stereocenters. The lowest BCUT2D eigenvalue weighted by Crippen LogP contribution is -2.40. The van der Waals surface area contributed by atoms with E-state index in [0.717, 1.165) is 31.1 Å². The van der Waals surface area contributed by atoms with Crippen molar-refractivity contribution in [3.05, 3.63) is 41.7 Å². The van der Waals surface area contributed by atoms with Crippen LogP contribution in [-0.4, -0.2) is 46.8 Å². The molecule has 0 spiro atoms. The summed E-state index contributed by atoms with van der Waals surface area (Å²) in [7, 11) is -3.81. The maximum Gasteiger partial charge on any atom is 0.250 e. The van der Waals surface area contributed by atoms with Crippen LogP contribution in [0.4, 0.5) is 5.82 Å². The molecule has 9 nitrogen and oxygen atoms in total. The summed E-state index contributed by atoms with van der Waals surface area (Å²) in [6, 6.07) is 6.20. The van der Waals surface area contributed by atoms with Crippen LogP contribution in [0.5, 0.6) is 0 Å². The minimum atomic E-state index is -3.81. The van der Waals surface area contributed by atoms with E-state index in [1.165, 1.54) is 23.7 Å². The molecule has 0 radical (unpaired) electrons. The number of thiophene rings is 2. The fourth-order valence-corrected chi connectivity index (χ4v) is 7.02. The van der Waals surface area contributed by atoms with Crippen LogP contribution >= 0.6 is 22.7 Å². The first-order valence-corrected chi connectivity index (χ1v) is 12.2. The minimum absolute atomic E-state index is 0.154. The Labute approximate surface area is 179 Å². The predicted molar refractivity (Wildman–Crippen MR) is 116 cm³/mol. The Kier molecular flexibility index (Phi) is 4.65. The fourth-order valence-electron chi connectivity index (χ4n) is 3.42. The van der Waals surface area contributed by atoms with Crippen molar-refractivity contribution in [3.63, 3.8) is 0 Å². The highest BCUT2D eigenvalue weighted by atomic mass is 32.2. The molecule has 1 aliphatic rings. The summed E-state index contributed by atoms with van der Waals surface area (Å²) in [6.07, 6.45) is 3.43. The second-order valence-electron chi connectivity index (χ2n) is 6.86. The third-order valence-electron chi connectivity index (χ3n) is 4.86. The highest BCUT2D eigenvalue weighted by Crippen LogP contribution is 2.30. The number of rotatable bonds is 5. The number of hydrogen-bond donors (Lipinski definition) is 2. The van der Waals surface area contributed by atoms with E-state index in [2.05, 4.69) is 19.7 Å². The number of nitrogens with zero attached hydrogens (tertiary/aromatic N) is 4. The van der Waals surface area contributed by atoms with E-state index in [-0.39, 0.29) is 10.1 Å². The number of anilines is 1. The average Bonchev–Trinajstić information content (AvgIpc) is 3.41. The Morgan fingerprint density at radius 3 is 2.87 bits per heavy atom. The van der Waals surface area contributed by atoms with Gasteiger partial charge in [-0.05, 0) is 30.7 Å². The monoisotopic (exact) mass is 460 g/mol. The van der Waals surface area contributed by atoms with E-state index < -0.39 is 16.1 Å². The van der Waals surface area contributed by atoms with E-state index in [4.69, 9.17) is 5.73 Å². The average molecular weight is 461 g/mol. The molecule has 154 valence electrons. The van der Waals surface area contributed by atoms with Crippen LogP contribution in [0, 0.1) is 0 Å². The quantitative estimate of drug-likeness (QED) is 0.465. The number of fused-ring (bicyclic) bond motifs is 2. The van der Waals surface area contributed by atoms with Crippen molar-refractivity contribution in [3.8, 4) is 0 Å². The van der Waals surface area contributed by atoms with Crippen LogP contribution in [0.2, 0.25) is 0 Å². The largest absolute Gasteiger partial charge is 0.382 e. The van der Waals surface area contributed by atoms with Crippen molar-refractivity contribution in [2.24, 2.45) is 0 Å². The molecule has 12 heteroatoms. The minimum Gasteiger partial charge on any atom is -0.382 e. The van der Waals surface area contributed by atoms with Crippen molar-refractivity contribution in [1.29, 1.82) is 0 Å². The van der Waals surface area contributed by atoms with Gasteiger partial charge >= 0.3 is 0 Å². The summed E-state index contributed by atoms with van der Waals surface area (Å²) in [5, 5.41) is 0. The van der Waals surface area contributed by atoms with Crippen molar-refractivity contribution in [2.45, 2.75) is 23.2 Å². The second-order valence-corrected chi connectivity index (χ2v) is 11.0. The van der Waals surface area contributed by atoms with Crippen molar-refractivity contribution in [1.82, 2.24) is 24.6 Å². The topological polar surface area (TPSA) is 131 Å². The van der Waals surface area contributed by atoms with Crippen molar-refractivity contribution >= 4 is 64.9 Å². The van der Waals surface area contributed by atoms with Crippen molar-refractivity contribution in [2.75, 3.05) is 12.3 Å². The van der Waals surface area contributed by atoms with Gasteiger partial charge in [0, 0.05) is 17.6 Å². The van der Waals surface area contributed by atoms with E-state index in [9.17, 15) is 13.2 Å². The standard InChI is InChI=1S/C18H16N6O3S3/c19-17-16-13(21-9-22-17)6-10(28-16)8-24-5-3-11(18(24)25)23-30(26,27)15-7-12-14(29-15)2-1-4-20-12/h1-2,4,6-7,9,11,23H,3,5,8H2,(H2,19,21,22)/t11-/m0/s1. The Balaban J connectivity index is 1.32. The SMILES string of the molecule is Nc1ncnc2cc(CN3CC[C@H](NS(=O)(=O)c4cc5ncccc5s4)C3=O)sc12. The molecule has 1 fully saturated rings. The van der Waals surface area contributed by atoms with E-state index in [1.807, 2.05) is 12.1 Å². The number of amides is 1. The number of carbonyl (C=O) groups is 1. The number of nitrogen functional groups attached to an aromatic ring is 1. The van der Waals surface area contributed by atoms with Crippen LogP contribution in [0.3, 0.4) is 0 Å². The fraction of sp³-hybridized carbons (Fsp3) is 0.222. The number of nitrogens with one attached hydrogen (secondary N) is 1. The maximum absolute atomic E-state index is 12.8. The molecular weight excluding hydrogens is 444 g/mol. The molecule has 5 rings (SSSR count). The highest BCUT2D eigenvalue weighted by molar-refractivity contribution is 7.91. The summed E-state index contributed by atoms with van der Waals surface area (Å²) in [6.45, 7) is 0.847. The zero-order chi connectivity index (χ0) is 20.9. The normalized spacial score (nSPS) is 17.4. The summed E-state index contributed by atoms with van der Waals surface area (Å²) < 4.78 is 29.9. The molecule has 1 atom stereocenters. The molecular formula is C18H16N6O3S3. The van der Waals surface area contributed by atoms with Crippen LogP contribution in [0.15, 0.2) is 41.0 Å². The van der Waals surface area contributed by atoms with E-state index >= 15 is 0 Å². The molecule has 4 aromatic heterocycles. The van der Waals surface area contributed by atoms with Gasteiger partial charge in [0.2, 0.25) is 5.91 Å². The molecule has 30 heavy (non-hydrogen) atoms. The lowest BCUT2D eigenvalue weighted by molar-refractivity contribution is -0.129. The molecule has 0 bridgehead atoms. The molecule has 5 heterocycles. The van der Waals surface area contributed by atoms with E-state index in [0.29, 0.717) is 30.8 Å².